The zero-order valence-electron chi connectivity index (χ0n) is 14.5. The van der Waals surface area contributed by atoms with Crippen LogP contribution < -0.4 is 0 Å². The van der Waals surface area contributed by atoms with E-state index in [1.54, 1.807) is 11.8 Å². The number of esters is 1. The van der Waals surface area contributed by atoms with Gasteiger partial charge in [0.05, 0.1) is 10.5 Å². The van der Waals surface area contributed by atoms with Crippen LogP contribution >= 0.6 is 11.8 Å². The maximum Gasteiger partial charge on any atom is 0.339 e. The Morgan fingerprint density at radius 2 is 1.88 bits per heavy atom. The molecule has 1 aliphatic heterocycles. The van der Waals surface area contributed by atoms with Crippen LogP contribution in [0.3, 0.4) is 0 Å². The Kier molecular flexibility index (Phi) is 4.94. The molecule has 1 heterocycles. The van der Waals surface area contributed by atoms with Crippen LogP contribution in [0.15, 0.2) is 46.2 Å². The second kappa shape index (κ2) is 6.89. The summed E-state index contributed by atoms with van der Waals surface area (Å²) in [7, 11) is -3.51. The molecule has 1 aliphatic rings. The molecule has 0 unspecified atom stereocenters. The lowest BCUT2D eigenvalue weighted by Gasteiger charge is -2.09. The molecule has 0 aromatic heterocycles. The summed E-state index contributed by atoms with van der Waals surface area (Å²) in [6.45, 7) is 1.89. The summed E-state index contributed by atoms with van der Waals surface area (Å²) < 4.78 is 42.9. The van der Waals surface area contributed by atoms with Crippen molar-refractivity contribution in [3.8, 4) is 0 Å². The SMILES string of the molecule is CSc1ccc(C2=C(c3ccc(S(C)(=O)=O)cc3F)COC2=O)cc1C. The van der Waals surface area contributed by atoms with Gasteiger partial charge < -0.3 is 4.74 Å². The summed E-state index contributed by atoms with van der Waals surface area (Å²) in [5.74, 6) is -1.21. The third-order valence-electron chi connectivity index (χ3n) is 4.23. The molecular weight excluding hydrogens is 375 g/mol. The molecule has 0 fully saturated rings. The van der Waals surface area contributed by atoms with Gasteiger partial charge in [0.15, 0.2) is 9.84 Å². The van der Waals surface area contributed by atoms with E-state index in [-0.39, 0.29) is 17.1 Å². The monoisotopic (exact) mass is 392 g/mol. The molecule has 7 heteroatoms. The van der Waals surface area contributed by atoms with Gasteiger partial charge in [0.1, 0.15) is 12.4 Å². The number of hydrogen-bond acceptors (Lipinski definition) is 5. The van der Waals surface area contributed by atoms with Crippen molar-refractivity contribution in [3.63, 3.8) is 0 Å². The van der Waals surface area contributed by atoms with Crippen LogP contribution in [0.5, 0.6) is 0 Å². The molecule has 2 aromatic carbocycles. The van der Waals surface area contributed by atoms with Gasteiger partial charge in [-0.05, 0) is 42.5 Å². The highest BCUT2D eigenvalue weighted by Crippen LogP contribution is 2.36. The lowest BCUT2D eigenvalue weighted by atomic mass is 9.95. The van der Waals surface area contributed by atoms with Crippen molar-refractivity contribution in [1.29, 1.82) is 0 Å². The van der Waals surface area contributed by atoms with Crippen molar-refractivity contribution < 1.29 is 22.3 Å². The number of hydrogen-bond donors (Lipinski definition) is 0. The van der Waals surface area contributed by atoms with Gasteiger partial charge in [-0.2, -0.15) is 0 Å². The lowest BCUT2D eigenvalue weighted by molar-refractivity contribution is -0.133. The molecule has 0 saturated heterocycles. The van der Waals surface area contributed by atoms with Crippen LogP contribution in [0.2, 0.25) is 0 Å². The first-order valence-electron chi connectivity index (χ1n) is 7.77. The van der Waals surface area contributed by atoms with Crippen LogP contribution in [0.1, 0.15) is 16.7 Å². The summed E-state index contributed by atoms with van der Waals surface area (Å²) in [5, 5.41) is 0. The van der Waals surface area contributed by atoms with Gasteiger partial charge >= 0.3 is 5.97 Å². The Hall–Kier alpha value is -2.12. The van der Waals surface area contributed by atoms with Crippen molar-refractivity contribution in [2.24, 2.45) is 0 Å². The van der Waals surface area contributed by atoms with E-state index < -0.39 is 21.6 Å². The number of halogens is 1. The number of ether oxygens (including phenoxy) is 1. The molecule has 0 aliphatic carbocycles. The van der Waals surface area contributed by atoms with Crippen molar-refractivity contribution in [1.82, 2.24) is 0 Å². The summed E-state index contributed by atoms with van der Waals surface area (Å²) in [5.41, 5.74) is 2.57. The molecule has 0 bridgehead atoms. The Morgan fingerprint density at radius 1 is 1.15 bits per heavy atom. The lowest BCUT2D eigenvalue weighted by Crippen LogP contribution is -2.01. The number of carbonyl (C=O) groups excluding carboxylic acids is 1. The fourth-order valence-corrected chi connectivity index (χ4v) is 4.13. The molecule has 3 rings (SSSR count). The van der Waals surface area contributed by atoms with Gasteiger partial charge in [0, 0.05) is 22.3 Å². The highest BCUT2D eigenvalue weighted by molar-refractivity contribution is 7.98. The number of carbonyl (C=O) groups is 1. The van der Waals surface area contributed by atoms with Crippen LogP contribution in [0.4, 0.5) is 4.39 Å². The van der Waals surface area contributed by atoms with Gasteiger partial charge in [-0.15, -0.1) is 11.8 Å². The normalized spacial score (nSPS) is 14.7. The van der Waals surface area contributed by atoms with Crippen LogP contribution in [-0.4, -0.2) is 33.5 Å². The minimum atomic E-state index is -3.51. The number of aryl methyl sites for hydroxylation is 1. The van der Waals surface area contributed by atoms with E-state index in [2.05, 4.69) is 0 Å². The summed E-state index contributed by atoms with van der Waals surface area (Å²) in [6, 6.07) is 9.28. The number of cyclic esters (lactones) is 1. The first-order valence-corrected chi connectivity index (χ1v) is 10.9. The molecule has 0 atom stereocenters. The third kappa shape index (κ3) is 3.41. The van der Waals surface area contributed by atoms with Crippen molar-refractivity contribution in [2.45, 2.75) is 16.7 Å². The Bertz CT molecular complexity index is 1040. The average molecular weight is 392 g/mol. The highest BCUT2D eigenvalue weighted by Gasteiger charge is 2.29. The van der Waals surface area contributed by atoms with Crippen LogP contribution in [-0.2, 0) is 19.4 Å². The number of sulfone groups is 1. The fraction of sp³-hybridized carbons (Fsp3) is 0.211. The van der Waals surface area contributed by atoms with Crippen LogP contribution in [0.25, 0.3) is 11.1 Å². The van der Waals surface area contributed by atoms with E-state index in [9.17, 15) is 17.6 Å². The second-order valence-electron chi connectivity index (χ2n) is 6.03. The maximum atomic E-state index is 14.6. The zero-order chi connectivity index (χ0) is 19.1. The van der Waals surface area contributed by atoms with Gasteiger partial charge in [-0.1, -0.05) is 18.2 Å². The zero-order valence-corrected chi connectivity index (χ0v) is 16.1. The first kappa shape index (κ1) is 18.7. The Morgan fingerprint density at radius 3 is 2.46 bits per heavy atom. The van der Waals surface area contributed by atoms with E-state index >= 15 is 0 Å². The van der Waals surface area contributed by atoms with Crippen molar-refractivity contribution in [3.05, 3.63) is 58.9 Å². The summed E-state index contributed by atoms with van der Waals surface area (Å²) in [6.07, 6.45) is 2.99. The minimum Gasteiger partial charge on any atom is -0.457 e. The molecule has 0 radical (unpaired) electrons. The summed E-state index contributed by atoms with van der Waals surface area (Å²) >= 11 is 1.60. The molecule has 0 saturated carbocycles. The van der Waals surface area contributed by atoms with Gasteiger partial charge in [0.25, 0.3) is 0 Å². The molecular formula is C19H17FO4S2. The van der Waals surface area contributed by atoms with E-state index in [0.29, 0.717) is 16.7 Å². The molecule has 0 amide bonds. The molecule has 2 aromatic rings. The van der Waals surface area contributed by atoms with E-state index in [1.807, 2.05) is 31.4 Å². The Balaban J connectivity index is 2.16. The quantitative estimate of drug-likeness (QED) is 0.586. The smallest absolute Gasteiger partial charge is 0.339 e. The molecule has 26 heavy (non-hydrogen) atoms. The second-order valence-corrected chi connectivity index (χ2v) is 8.89. The predicted octanol–water partition coefficient (Wildman–Crippen LogP) is 3.73. The number of rotatable bonds is 4. The van der Waals surface area contributed by atoms with Gasteiger partial charge in [-0.3, -0.25) is 0 Å². The molecule has 0 N–H and O–H groups in total. The molecule has 0 spiro atoms. The highest BCUT2D eigenvalue weighted by atomic mass is 32.2. The standard InChI is InChI=1S/C19H17FO4S2/c1-11-8-12(4-7-17(11)25-2)18-15(10-24-19(18)21)14-6-5-13(9-16(14)20)26(3,22)23/h4-9H,10H2,1-3H3. The van der Waals surface area contributed by atoms with Crippen molar-refractivity contribution >= 4 is 38.7 Å². The van der Waals surface area contributed by atoms with Gasteiger partial charge in [0.2, 0.25) is 0 Å². The molecule has 136 valence electrons. The van der Waals surface area contributed by atoms with E-state index in [4.69, 9.17) is 4.74 Å². The van der Waals surface area contributed by atoms with E-state index in [1.165, 1.54) is 12.1 Å². The molecule has 4 nitrogen and oxygen atoms in total. The minimum absolute atomic E-state index is 0.0490. The average Bonchev–Trinajstić information content (AvgIpc) is 2.95. The fourth-order valence-electron chi connectivity index (χ4n) is 2.91. The van der Waals surface area contributed by atoms with Crippen molar-refractivity contribution in [2.75, 3.05) is 19.1 Å². The topological polar surface area (TPSA) is 60.4 Å². The summed E-state index contributed by atoms with van der Waals surface area (Å²) in [4.78, 5) is 13.2. The maximum absolute atomic E-state index is 14.6. The predicted molar refractivity (Wildman–Crippen MR) is 100 cm³/mol. The third-order valence-corrected chi connectivity index (χ3v) is 6.24. The Labute approximate surface area is 156 Å². The largest absolute Gasteiger partial charge is 0.457 e. The first-order chi connectivity index (χ1) is 12.2. The number of thioether (sulfide) groups is 1. The van der Waals surface area contributed by atoms with Gasteiger partial charge in [-0.25, -0.2) is 17.6 Å². The van der Waals surface area contributed by atoms with E-state index in [0.717, 1.165) is 22.8 Å². The number of benzene rings is 2. The van der Waals surface area contributed by atoms with Crippen LogP contribution in [0, 0.1) is 12.7 Å².